The molecule has 84 valence electrons. The smallest absolute Gasteiger partial charge is 0.261 e. The van der Waals surface area contributed by atoms with E-state index in [0.29, 0.717) is 16.3 Å². The van der Waals surface area contributed by atoms with Crippen molar-refractivity contribution in [3.8, 4) is 17.2 Å². The van der Waals surface area contributed by atoms with Crippen LogP contribution in [0.3, 0.4) is 0 Å². The molecule has 2 rings (SSSR count). The summed E-state index contributed by atoms with van der Waals surface area (Å²) in [5.41, 5.74) is 0.599. The zero-order valence-corrected chi connectivity index (χ0v) is 9.23. The van der Waals surface area contributed by atoms with Crippen molar-refractivity contribution >= 4 is 11.6 Å². The summed E-state index contributed by atoms with van der Waals surface area (Å²) < 4.78 is 10.1. The molecular weight excluding hydrogens is 232 g/mol. The molecule has 1 aromatic carbocycles. The zero-order chi connectivity index (χ0) is 11.5. The molecule has 0 unspecified atom stereocenters. The summed E-state index contributed by atoms with van der Waals surface area (Å²) in [5.74, 6) is 1.07. The second kappa shape index (κ2) is 4.51. The molecule has 0 aliphatic rings. The van der Waals surface area contributed by atoms with Crippen LogP contribution in [0.1, 0.15) is 5.82 Å². The van der Waals surface area contributed by atoms with Crippen molar-refractivity contribution in [1.29, 1.82) is 0 Å². The van der Waals surface area contributed by atoms with E-state index < -0.39 is 0 Å². The molecule has 1 heterocycles. The quantitative estimate of drug-likeness (QED) is 0.887. The van der Waals surface area contributed by atoms with Crippen LogP contribution in [0.25, 0.3) is 11.5 Å². The van der Waals surface area contributed by atoms with Crippen molar-refractivity contribution in [3.63, 3.8) is 0 Å². The second-order valence-corrected chi connectivity index (χ2v) is 3.45. The Labute approximate surface area is 96.6 Å². The Bertz CT molecular complexity index is 499. The van der Waals surface area contributed by atoms with E-state index in [4.69, 9.17) is 26.0 Å². The Kier molecular flexibility index (Phi) is 3.07. The van der Waals surface area contributed by atoms with Gasteiger partial charge in [-0.3, -0.25) is 0 Å². The number of aliphatic hydroxyl groups excluding tert-OH is 1. The lowest BCUT2D eigenvalue weighted by atomic mass is 10.2. The highest BCUT2D eigenvalue weighted by molar-refractivity contribution is 6.30. The third-order valence-corrected chi connectivity index (χ3v) is 2.24. The van der Waals surface area contributed by atoms with Crippen LogP contribution in [0.4, 0.5) is 0 Å². The fourth-order valence-electron chi connectivity index (χ4n) is 1.27. The average molecular weight is 241 g/mol. The summed E-state index contributed by atoms with van der Waals surface area (Å²) in [6.45, 7) is -0.271. The lowest BCUT2D eigenvalue weighted by Gasteiger charge is -2.04. The van der Waals surface area contributed by atoms with Gasteiger partial charge in [0.15, 0.2) is 5.82 Å². The Morgan fingerprint density at radius 3 is 2.94 bits per heavy atom. The number of nitrogens with zero attached hydrogens (tertiary/aromatic N) is 2. The standard InChI is InChI=1S/C10H9ClN2O3/c1-15-8-3-2-6(11)4-7(8)10-12-9(5-14)13-16-10/h2-4,14H,5H2,1H3. The molecule has 0 fully saturated rings. The van der Waals surface area contributed by atoms with Crippen LogP contribution < -0.4 is 4.74 Å². The molecule has 0 saturated heterocycles. The lowest BCUT2D eigenvalue weighted by molar-refractivity contribution is 0.264. The van der Waals surface area contributed by atoms with E-state index in [9.17, 15) is 0 Å². The highest BCUT2D eigenvalue weighted by Gasteiger charge is 2.13. The predicted octanol–water partition coefficient (Wildman–Crippen LogP) is 1.89. The van der Waals surface area contributed by atoms with Gasteiger partial charge in [-0.2, -0.15) is 4.98 Å². The maximum atomic E-state index is 8.84. The molecule has 2 aromatic rings. The van der Waals surface area contributed by atoms with E-state index in [-0.39, 0.29) is 18.3 Å². The van der Waals surface area contributed by atoms with Gasteiger partial charge in [-0.05, 0) is 18.2 Å². The van der Waals surface area contributed by atoms with Crippen LogP contribution in [-0.2, 0) is 6.61 Å². The Morgan fingerprint density at radius 2 is 2.31 bits per heavy atom. The summed E-state index contributed by atoms with van der Waals surface area (Å²) >= 11 is 5.87. The van der Waals surface area contributed by atoms with Gasteiger partial charge >= 0.3 is 0 Å². The minimum absolute atomic E-state index is 0.219. The summed E-state index contributed by atoms with van der Waals surface area (Å²) in [7, 11) is 1.54. The Hall–Kier alpha value is -1.59. The van der Waals surface area contributed by atoms with Crippen molar-refractivity contribution < 1.29 is 14.4 Å². The summed E-state index contributed by atoms with van der Waals surface area (Å²) in [4.78, 5) is 3.98. The van der Waals surface area contributed by atoms with Crippen LogP contribution >= 0.6 is 11.6 Å². The molecule has 0 aliphatic carbocycles. The molecule has 0 bridgehead atoms. The van der Waals surface area contributed by atoms with Crippen molar-refractivity contribution in [2.75, 3.05) is 7.11 Å². The average Bonchev–Trinajstić information content (AvgIpc) is 2.77. The van der Waals surface area contributed by atoms with Crippen molar-refractivity contribution in [2.45, 2.75) is 6.61 Å². The molecule has 0 atom stereocenters. The van der Waals surface area contributed by atoms with Gasteiger partial charge in [0, 0.05) is 5.02 Å². The van der Waals surface area contributed by atoms with Crippen LogP contribution in [-0.4, -0.2) is 22.4 Å². The number of methoxy groups -OCH3 is 1. The van der Waals surface area contributed by atoms with Crippen LogP contribution in [0.15, 0.2) is 22.7 Å². The van der Waals surface area contributed by atoms with Crippen LogP contribution in [0, 0.1) is 0 Å². The highest BCUT2D eigenvalue weighted by atomic mass is 35.5. The van der Waals surface area contributed by atoms with Gasteiger partial charge < -0.3 is 14.4 Å². The first-order valence-corrected chi connectivity index (χ1v) is 4.89. The number of aliphatic hydroxyl groups is 1. The number of ether oxygens (including phenoxy) is 1. The third kappa shape index (κ3) is 2.00. The minimum Gasteiger partial charge on any atom is -0.496 e. The van der Waals surface area contributed by atoms with E-state index in [1.54, 1.807) is 18.2 Å². The number of aromatic nitrogens is 2. The van der Waals surface area contributed by atoms with Gasteiger partial charge in [-0.25, -0.2) is 0 Å². The van der Waals surface area contributed by atoms with Crippen molar-refractivity contribution in [1.82, 2.24) is 10.1 Å². The van der Waals surface area contributed by atoms with Gasteiger partial charge in [0.1, 0.15) is 12.4 Å². The van der Waals surface area contributed by atoms with Gasteiger partial charge in [0.2, 0.25) is 0 Å². The first-order chi connectivity index (χ1) is 7.74. The van der Waals surface area contributed by atoms with Gasteiger partial charge in [-0.15, -0.1) is 0 Å². The molecule has 0 saturated carbocycles. The Balaban J connectivity index is 2.49. The minimum atomic E-state index is -0.271. The fourth-order valence-corrected chi connectivity index (χ4v) is 1.45. The molecule has 0 spiro atoms. The molecule has 0 aliphatic heterocycles. The molecule has 6 heteroatoms. The molecule has 0 amide bonds. The predicted molar refractivity (Wildman–Crippen MR) is 57.2 cm³/mol. The summed E-state index contributed by atoms with van der Waals surface area (Å²) in [6.07, 6.45) is 0. The lowest BCUT2D eigenvalue weighted by Crippen LogP contribution is -1.89. The fraction of sp³-hybridized carbons (Fsp3) is 0.200. The highest BCUT2D eigenvalue weighted by Crippen LogP contribution is 2.31. The third-order valence-electron chi connectivity index (χ3n) is 2.00. The maximum absolute atomic E-state index is 8.84. The van der Waals surface area contributed by atoms with Crippen LogP contribution in [0.5, 0.6) is 5.75 Å². The number of hydrogen-bond donors (Lipinski definition) is 1. The molecule has 1 aromatic heterocycles. The van der Waals surface area contributed by atoms with E-state index in [2.05, 4.69) is 10.1 Å². The van der Waals surface area contributed by atoms with E-state index in [0.717, 1.165) is 0 Å². The topological polar surface area (TPSA) is 68.4 Å². The molecule has 5 nitrogen and oxygen atoms in total. The molecular formula is C10H9ClN2O3. The van der Waals surface area contributed by atoms with Gasteiger partial charge in [0.05, 0.1) is 12.7 Å². The first-order valence-electron chi connectivity index (χ1n) is 4.52. The maximum Gasteiger partial charge on any atom is 0.261 e. The van der Waals surface area contributed by atoms with Crippen molar-refractivity contribution in [3.05, 3.63) is 29.0 Å². The SMILES string of the molecule is COc1ccc(Cl)cc1-c1nc(CO)no1. The van der Waals surface area contributed by atoms with Gasteiger partial charge in [0.25, 0.3) is 5.89 Å². The van der Waals surface area contributed by atoms with Gasteiger partial charge in [-0.1, -0.05) is 16.8 Å². The summed E-state index contributed by atoms with van der Waals surface area (Å²) in [5, 5.41) is 13.0. The number of hydrogen-bond acceptors (Lipinski definition) is 5. The summed E-state index contributed by atoms with van der Waals surface area (Å²) in [6, 6.07) is 5.07. The Morgan fingerprint density at radius 1 is 1.50 bits per heavy atom. The van der Waals surface area contributed by atoms with Crippen LogP contribution in [0.2, 0.25) is 5.02 Å². The molecule has 16 heavy (non-hydrogen) atoms. The second-order valence-electron chi connectivity index (χ2n) is 3.02. The number of benzene rings is 1. The van der Waals surface area contributed by atoms with E-state index in [1.807, 2.05) is 0 Å². The first kappa shape index (κ1) is 10.9. The largest absolute Gasteiger partial charge is 0.496 e. The normalized spacial score (nSPS) is 10.4. The van der Waals surface area contributed by atoms with E-state index in [1.165, 1.54) is 7.11 Å². The van der Waals surface area contributed by atoms with Crippen molar-refractivity contribution in [2.24, 2.45) is 0 Å². The zero-order valence-electron chi connectivity index (χ0n) is 8.48. The number of halogens is 1. The monoisotopic (exact) mass is 240 g/mol. The van der Waals surface area contributed by atoms with E-state index >= 15 is 0 Å². The molecule has 0 radical (unpaired) electrons. The molecule has 1 N–H and O–H groups in total. The number of rotatable bonds is 3.